The first-order valence-electron chi connectivity index (χ1n) is 4.71. The highest BCUT2D eigenvalue weighted by molar-refractivity contribution is 5.32. The van der Waals surface area contributed by atoms with Crippen molar-refractivity contribution in [3.8, 4) is 0 Å². The van der Waals surface area contributed by atoms with Crippen molar-refractivity contribution in [1.82, 2.24) is 5.43 Å². The number of benzene rings is 1. The van der Waals surface area contributed by atoms with E-state index in [1.807, 2.05) is 0 Å². The summed E-state index contributed by atoms with van der Waals surface area (Å²) in [5.41, 5.74) is 6.44. The molecule has 3 nitrogen and oxygen atoms in total. The lowest BCUT2D eigenvalue weighted by Crippen LogP contribution is -2.31. The van der Waals surface area contributed by atoms with Gasteiger partial charge in [0, 0.05) is 7.11 Å². The summed E-state index contributed by atoms with van der Waals surface area (Å²) in [4.78, 5) is 0. The Balaban J connectivity index is 2.96. The van der Waals surface area contributed by atoms with E-state index in [4.69, 9.17) is 10.6 Å². The number of aryl methyl sites for hydroxylation is 2. The van der Waals surface area contributed by atoms with Crippen LogP contribution in [0.5, 0.6) is 0 Å². The fraction of sp³-hybridized carbons (Fsp3) is 0.455. The molecule has 0 spiro atoms. The van der Waals surface area contributed by atoms with Crippen molar-refractivity contribution in [2.24, 2.45) is 5.84 Å². The molecule has 1 unspecified atom stereocenters. The van der Waals surface area contributed by atoms with E-state index in [-0.39, 0.29) is 6.04 Å². The molecular weight excluding hydrogens is 176 g/mol. The van der Waals surface area contributed by atoms with Crippen molar-refractivity contribution < 1.29 is 4.74 Å². The third-order valence-corrected chi connectivity index (χ3v) is 2.34. The number of rotatable bonds is 4. The Bertz CT molecular complexity index is 299. The average molecular weight is 194 g/mol. The van der Waals surface area contributed by atoms with Gasteiger partial charge in [0.05, 0.1) is 12.6 Å². The molecule has 0 heterocycles. The van der Waals surface area contributed by atoms with Crippen molar-refractivity contribution in [3.05, 3.63) is 34.9 Å². The molecule has 0 saturated carbocycles. The number of hydrazine groups is 1. The van der Waals surface area contributed by atoms with Gasteiger partial charge in [0.2, 0.25) is 0 Å². The summed E-state index contributed by atoms with van der Waals surface area (Å²) in [6.07, 6.45) is 0. The Hall–Kier alpha value is -0.900. The molecule has 1 aromatic rings. The minimum atomic E-state index is 0.0694. The molecule has 3 heteroatoms. The molecule has 0 bridgehead atoms. The highest BCUT2D eigenvalue weighted by Gasteiger charge is 2.11. The van der Waals surface area contributed by atoms with Gasteiger partial charge < -0.3 is 4.74 Å². The molecule has 1 rings (SSSR count). The lowest BCUT2D eigenvalue weighted by molar-refractivity contribution is 0.167. The molecule has 3 N–H and O–H groups in total. The zero-order valence-corrected chi connectivity index (χ0v) is 9.00. The van der Waals surface area contributed by atoms with E-state index < -0.39 is 0 Å². The Morgan fingerprint density at radius 2 is 2.14 bits per heavy atom. The maximum absolute atomic E-state index is 5.48. The van der Waals surface area contributed by atoms with Gasteiger partial charge in [0.15, 0.2) is 0 Å². The zero-order chi connectivity index (χ0) is 10.6. The summed E-state index contributed by atoms with van der Waals surface area (Å²) in [5, 5.41) is 0. The first-order chi connectivity index (χ1) is 6.69. The van der Waals surface area contributed by atoms with Crippen LogP contribution in [-0.4, -0.2) is 13.7 Å². The molecule has 0 aliphatic rings. The summed E-state index contributed by atoms with van der Waals surface area (Å²) in [5.74, 6) is 5.48. The largest absolute Gasteiger partial charge is 0.383 e. The second kappa shape index (κ2) is 5.10. The van der Waals surface area contributed by atoms with Gasteiger partial charge in [0.25, 0.3) is 0 Å². The van der Waals surface area contributed by atoms with E-state index in [1.165, 1.54) is 16.7 Å². The molecule has 1 atom stereocenters. The molecule has 0 aromatic heterocycles. The molecule has 0 aliphatic heterocycles. The fourth-order valence-electron chi connectivity index (χ4n) is 1.53. The minimum absolute atomic E-state index is 0.0694. The van der Waals surface area contributed by atoms with Crippen molar-refractivity contribution in [2.75, 3.05) is 13.7 Å². The van der Waals surface area contributed by atoms with Crippen LogP contribution in [0.1, 0.15) is 22.7 Å². The predicted octanol–water partition coefficient (Wildman–Crippen LogP) is 1.45. The van der Waals surface area contributed by atoms with E-state index >= 15 is 0 Å². The standard InChI is InChI=1S/C11H18N2O/c1-8-4-5-9(2)10(6-8)11(13-12)7-14-3/h4-6,11,13H,7,12H2,1-3H3. The van der Waals surface area contributed by atoms with Gasteiger partial charge in [-0.25, -0.2) is 0 Å². The summed E-state index contributed by atoms with van der Waals surface area (Å²) in [6.45, 7) is 4.74. The lowest BCUT2D eigenvalue weighted by atomic mass is 10.00. The summed E-state index contributed by atoms with van der Waals surface area (Å²) in [6, 6.07) is 6.41. The van der Waals surface area contributed by atoms with Crippen LogP contribution in [0.3, 0.4) is 0 Å². The molecular formula is C11H18N2O. The molecule has 0 aliphatic carbocycles. The number of ether oxygens (including phenoxy) is 1. The van der Waals surface area contributed by atoms with Gasteiger partial charge in [-0.15, -0.1) is 0 Å². The lowest BCUT2D eigenvalue weighted by Gasteiger charge is -2.18. The van der Waals surface area contributed by atoms with E-state index in [9.17, 15) is 0 Å². The van der Waals surface area contributed by atoms with Crippen LogP contribution in [0.4, 0.5) is 0 Å². The van der Waals surface area contributed by atoms with Crippen LogP contribution in [0.15, 0.2) is 18.2 Å². The molecule has 0 saturated heterocycles. The molecule has 0 fully saturated rings. The van der Waals surface area contributed by atoms with Crippen LogP contribution < -0.4 is 11.3 Å². The maximum atomic E-state index is 5.48. The monoisotopic (exact) mass is 194 g/mol. The Kier molecular flexibility index (Phi) is 4.07. The average Bonchev–Trinajstić information content (AvgIpc) is 2.18. The molecule has 0 amide bonds. The van der Waals surface area contributed by atoms with Gasteiger partial charge in [-0.3, -0.25) is 11.3 Å². The quantitative estimate of drug-likeness (QED) is 0.563. The first kappa shape index (κ1) is 11.2. The fourth-order valence-corrected chi connectivity index (χ4v) is 1.53. The van der Waals surface area contributed by atoms with Crippen LogP contribution in [0.2, 0.25) is 0 Å². The van der Waals surface area contributed by atoms with Crippen LogP contribution in [0.25, 0.3) is 0 Å². The third-order valence-electron chi connectivity index (χ3n) is 2.34. The maximum Gasteiger partial charge on any atom is 0.0696 e. The van der Waals surface area contributed by atoms with Gasteiger partial charge in [-0.1, -0.05) is 23.8 Å². The Morgan fingerprint density at radius 1 is 1.43 bits per heavy atom. The van der Waals surface area contributed by atoms with E-state index in [0.29, 0.717) is 6.61 Å². The first-order valence-corrected chi connectivity index (χ1v) is 4.71. The molecule has 0 radical (unpaired) electrons. The summed E-state index contributed by atoms with van der Waals surface area (Å²) < 4.78 is 5.10. The van der Waals surface area contributed by atoms with Crippen molar-refractivity contribution in [2.45, 2.75) is 19.9 Å². The van der Waals surface area contributed by atoms with Crippen LogP contribution in [-0.2, 0) is 4.74 Å². The molecule has 78 valence electrons. The van der Waals surface area contributed by atoms with Gasteiger partial charge in [0.1, 0.15) is 0 Å². The van der Waals surface area contributed by atoms with Gasteiger partial charge >= 0.3 is 0 Å². The highest BCUT2D eigenvalue weighted by Crippen LogP contribution is 2.18. The number of hydrogen-bond acceptors (Lipinski definition) is 3. The zero-order valence-electron chi connectivity index (χ0n) is 9.00. The Morgan fingerprint density at radius 3 is 2.71 bits per heavy atom. The minimum Gasteiger partial charge on any atom is -0.383 e. The van der Waals surface area contributed by atoms with E-state index in [0.717, 1.165) is 0 Å². The van der Waals surface area contributed by atoms with Gasteiger partial charge in [-0.2, -0.15) is 0 Å². The Labute approximate surface area is 85.2 Å². The number of methoxy groups -OCH3 is 1. The summed E-state index contributed by atoms with van der Waals surface area (Å²) >= 11 is 0. The highest BCUT2D eigenvalue weighted by atomic mass is 16.5. The van der Waals surface area contributed by atoms with Crippen molar-refractivity contribution >= 4 is 0 Å². The SMILES string of the molecule is COCC(NN)c1cc(C)ccc1C. The van der Waals surface area contributed by atoms with Crippen molar-refractivity contribution in [3.63, 3.8) is 0 Å². The molecule has 1 aromatic carbocycles. The number of nitrogens with one attached hydrogen (secondary N) is 1. The van der Waals surface area contributed by atoms with Crippen LogP contribution >= 0.6 is 0 Å². The summed E-state index contributed by atoms with van der Waals surface area (Å²) in [7, 11) is 1.68. The third kappa shape index (κ3) is 2.54. The second-order valence-electron chi connectivity index (χ2n) is 3.53. The number of hydrogen-bond donors (Lipinski definition) is 2. The normalized spacial score (nSPS) is 12.9. The number of nitrogens with two attached hydrogens (primary N) is 1. The topological polar surface area (TPSA) is 47.3 Å². The van der Waals surface area contributed by atoms with Crippen LogP contribution in [0, 0.1) is 13.8 Å². The molecule has 14 heavy (non-hydrogen) atoms. The van der Waals surface area contributed by atoms with E-state index in [1.54, 1.807) is 7.11 Å². The van der Waals surface area contributed by atoms with Gasteiger partial charge in [-0.05, 0) is 25.0 Å². The van der Waals surface area contributed by atoms with Crippen molar-refractivity contribution in [1.29, 1.82) is 0 Å². The second-order valence-corrected chi connectivity index (χ2v) is 3.53. The van der Waals surface area contributed by atoms with E-state index in [2.05, 4.69) is 37.5 Å². The predicted molar refractivity (Wildman–Crippen MR) is 57.9 cm³/mol. The smallest absolute Gasteiger partial charge is 0.0696 e.